The Hall–Kier alpha value is -1.97. The summed E-state index contributed by atoms with van der Waals surface area (Å²) in [4.78, 5) is 3.99. The predicted molar refractivity (Wildman–Crippen MR) is 66.3 cm³/mol. The molecule has 4 nitrogen and oxygen atoms in total. The van der Waals surface area contributed by atoms with Crippen LogP contribution in [0.1, 0.15) is 5.56 Å². The van der Waals surface area contributed by atoms with E-state index in [0.717, 1.165) is 24.5 Å². The highest BCUT2D eigenvalue weighted by Gasteiger charge is 1.95. The molecule has 0 aliphatic rings. The molecule has 0 fully saturated rings. The first-order valence-electron chi connectivity index (χ1n) is 5.31. The van der Waals surface area contributed by atoms with Gasteiger partial charge in [0.05, 0.1) is 6.33 Å². The molecule has 2 rings (SSSR count). The Kier molecular flexibility index (Phi) is 3.10. The first-order valence-corrected chi connectivity index (χ1v) is 5.31. The van der Waals surface area contributed by atoms with Gasteiger partial charge < -0.3 is 15.6 Å². The molecule has 4 heteroatoms. The van der Waals surface area contributed by atoms with E-state index >= 15 is 0 Å². The van der Waals surface area contributed by atoms with Crippen molar-refractivity contribution < 1.29 is 0 Å². The van der Waals surface area contributed by atoms with Gasteiger partial charge in [0.15, 0.2) is 0 Å². The van der Waals surface area contributed by atoms with Crippen molar-refractivity contribution in [3.05, 3.63) is 42.5 Å². The number of hydrogen-bond donors (Lipinski definition) is 2. The summed E-state index contributed by atoms with van der Waals surface area (Å²) in [6.07, 6.45) is 5.54. The lowest BCUT2D eigenvalue weighted by molar-refractivity contribution is 0.727. The van der Waals surface area contributed by atoms with E-state index in [1.807, 2.05) is 36.1 Å². The van der Waals surface area contributed by atoms with Gasteiger partial charge in [0.1, 0.15) is 0 Å². The number of nitrogens with one attached hydrogen (secondary N) is 1. The zero-order valence-electron chi connectivity index (χ0n) is 9.35. The predicted octanol–water partition coefficient (Wildman–Crippen LogP) is 1.89. The summed E-state index contributed by atoms with van der Waals surface area (Å²) in [7, 11) is 0. The second kappa shape index (κ2) is 4.70. The lowest BCUT2D eigenvalue weighted by Gasteiger charge is -2.08. The number of aromatic nitrogens is 2. The number of benzene rings is 1. The highest BCUT2D eigenvalue weighted by molar-refractivity contribution is 5.56. The van der Waals surface area contributed by atoms with Crippen LogP contribution in [0.15, 0.2) is 36.9 Å². The van der Waals surface area contributed by atoms with E-state index in [9.17, 15) is 0 Å². The Morgan fingerprint density at radius 3 is 2.94 bits per heavy atom. The van der Waals surface area contributed by atoms with Gasteiger partial charge in [0.2, 0.25) is 0 Å². The first-order chi connectivity index (χ1) is 7.74. The molecule has 1 heterocycles. The van der Waals surface area contributed by atoms with Crippen LogP contribution in [0.3, 0.4) is 0 Å². The van der Waals surface area contributed by atoms with Crippen LogP contribution in [-0.4, -0.2) is 16.1 Å². The number of nitrogens with zero attached hydrogens (tertiary/aromatic N) is 2. The summed E-state index contributed by atoms with van der Waals surface area (Å²) in [5.74, 6) is 0. The van der Waals surface area contributed by atoms with E-state index in [1.165, 1.54) is 5.56 Å². The second-order valence-electron chi connectivity index (χ2n) is 3.86. The summed E-state index contributed by atoms with van der Waals surface area (Å²) >= 11 is 0. The van der Waals surface area contributed by atoms with E-state index in [0.29, 0.717) is 0 Å². The second-order valence-corrected chi connectivity index (χ2v) is 3.86. The molecule has 0 atom stereocenters. The van der Waals surface area contributed by atoms with Gasteiger partial charge in [-0.25, -0.2) is 4.98 Å². The van der Waals surface area contributed by atoms with Crippen molar-refractivity contribution in [2.24, 2.45) is 0 Å². The Bertz CT molecular complexity index is 428. The third-order valence-corrected chi connectivity index (χ3v) is 2.36. The standard InChI is InChI=1S/C12H16N4/c1-10-6-11(13)8-12(7-10)15-3-5-16-4-2-14-9-16/h2,4,6-9,15H,3,5,13H2,1H3. The number of imidazole rings is 1. The molecule has 2 aromatic rings. The van der Waals surface area contributed by atoms with E-state index < -0.39 is 0 Å². The van der Waals surface area contributed by atoms with Crippen LogP contribution in [-0.2, 0) is 6.54 Å². The third-order valence-electron chi connectivity index (χ3n) is 2.36. The molecule has 0 aliphatic carbocycles. The van der Waals surface area contributed by atoms with Crippen molar-refractivity contribution in [1.82, 2.24) is 9.55 Å². The summed E-state index contributed by atoms with van der Waals surface area (Å²) in [6, 6.07) is 5.99. The van der Waals surface area contributed by atoms with E-state index in [2.05, 4.69) is 16.4 Å². The summed E-state index contributed by atoms with van der Waals surface area (Å²) in [5, 5.41) is 3.34. The van der Waals surface area contributed by atoms with Gasteiger partial charge in [-0.3, -0.25) is 0 Å². The minimum Gasteiger partial charge on any atom is -0.399 e. The summed E-state index contributed by atoms with van der Waals surface area (Å²) in [5.41, 5.74) is 8.81. The molecule has 0 spiro atoms. The van der Waals surface area contributed by atoms with Crippen LogP contribution in [0.4, 0.5) is 11.4 Å². The molecule has 0 saturated heterocycles. The Labute approximate surface area is 95.1 Å². The molecule has 0 saturated carbocycles. The Morgan fingerprint density at radius 2 is 2.25 bits per heavy atom. The SMILES string of the molecule is Cc1cc(N)cc(NCCn2ccnc2)c1. The van der Waals surface area contributed by atoms with Crippen LogP contribution < -0.4 is 11.1 Å². The molecule has 1 aromatic carbocycles. The molecule has 16 heavy (non-hydrogen) atoms. The van der Waals surface area contributed by atoms with Gasteiger partial charge in [-0.1, -0.05) is 0 Å². The van der Waals surface area contributed by atoms with Crippen molar-refractivity contribution in [3.8, 4) is 0 Å². The number of rotatable bonds is 4. The molecule has 0 radical (unpaired) electrons. The lowest BCUT2D eigenvalue weighted by atomic mass is 10.2. The summed E-state index contributed by atoms with van der Waals surface area (Å²) < 4.78 is 2.03. The number of aryl methyl sites for hydroxylation is 1. The van der Waals surface area contributed by atoms with Gasteiger partial charge in [-0.2, -0.15) is 0 Å². The molecule has 0 unspecified atom stereocenters. The van der Waals surface area contributed by atoms with Gasteiger partial charge >= 0.3 is 0 Å². The number of anilines is 2. The number of nitrogens with two attached hydrogens (primary N) is 1. The minimum absolute atomic E-state index is 0.796. The van der Waals surface area contributed by atoms with Gasteiger partial charge in [0.25, 0.3) is 0 Å². The topological polar surface area (TPSA) is 55.9 Å². The van der Waals surface area contributed by atoms with Crippen LogP contribution in [0.2, 0.25) is 0 Å². The molecular formula is C12H16N4. The van der Waals surface area contributed by atoms with E-state index in [-0.39, 0.29) is 0 Å². The van der Waals surface area contributed by atoms with Crippen molar-refractivity contribution in [2.75, 3.05) is 17.6 Å². The summed E-state index contributed by atoms with van der Waals surface area (Å²) in [6.45, 7) is 3.80. The fraction of sp³-hybridized carbons (Fsp3) is 0.250. The average molecular weight is 216 g/mol. The first kappa shape index (κ1) is 10.5. The molecular weight excluding hydrogens is 200 g/mol. The highest BCUT2D eigenvalue weighted by Crippen LogP contribution is 2.15. The van der Waals surface area contributed by atoms with Crippen molar-refractivity contribution in [2.45, 2.75) is 13.5 Å². The fourth-order valence-electron chi connectivity index (χ4n) is 1.66. The fourth-order valence-corrected chi connectivity index (χ4v) is 1.66. The third kappa shape index (κ3) is 2.76. The Balaban J connectivity index is 1.89. The quantitative estimate of drug-likeness (QED) is 0.767. The molecule has 84 valence electrons. The monoisotopic (exact) mass is 216 g/mol. The maximum absolute atomic E-state index is 5.77. The maximum Gasteiger partial charge on any atom is 0.0946 e. The van der Waals surface area contributed by atoms with Crippen LogP contribution in [0, 0.1) is 6.92 Å². The molecule has 3 N–H and O–H groups in total. The zero-order valence-corrected chi connectivity index (χ0v) is 9.35. The highest BCUT2D eigenvalue weighted by atomic mass is 15.0. The van der Waals surface area contributed by atoms with Crippen LogP contribution in [0.25, 0.3) is 0 Å². The van der Waals surface area contributed by atoms with E-state index in [1.54, 1.807) is 6.20 Å². The van der Waals surface area contributed by atoms with Crippen molar-refractivity contribution >= 4 is 11.4 Å². The zero-order chi connectivity index (χ0) is 11.4. The van der Waals surface area contributed by atoms with Gasteiger partial charge in [-0.05, 0) is 30.7 Å². The van der Waals surface area contributed by atoms with Gasteiger partial charge in [0, 0.05) is 36.9 Å². The maximum atomic E-state index is 5.77. The average Bonchev–Trinajstić information content (AvgIpc) is 2.69. The lowest BCUT2D eigenvalue weighted by Crippen LogP contribution is -2.09. The molecule has 0 aliphatic heterocycles. The largest absolute Gasteiger partial charge is 0.399 e. The van der Waals surface area contributed by atoms with Gasteiger partial charge in [-0.15, -0.1) is 0 Å². The van der Waals surface area contributed by atoms with Crippen LogP contribution in [0.5, 0.6) is 0 Å². The smallest absolute Gasteiger partial charge is 0.0946 e. The number of nitrogen functional groups attached to an aromatic ring is 1. The molecule has 0 amide bonds. The normalized spacial score (nSPS) is 10.3. The Morgan fingerprint density at radius 1 is 1.38 bits per heavy atom. The van der Waals surface area contributed by atoms with Crippen molar-refractivity contribution in [1.29, 1.82) is 0 Å². The van der Waals surface area contributed by atoms with Crippen molar-refractivity contribution in [3.63, 3.8) is 0 Å². The van der Waals surface area contributed by atoms with Crippen LogP contribution >= 0.6 is 0 Å². The molecule has 0 bridgehead atoms. The molecule has 1 aromatic heterocycles. The minimum atomic E-state index is 0.796. The number of hydrogen-bond acceptors (Lipinski definition) is 3. The van der Waals surface area contributed by atoms with E-state index in [4.69, 9.17) is 5.73 Å².